The van der Waals surface area contributed by atoms with E-state index < -0.39 is 11.5 Å². The molecule has 2 aromatic rings. The van der Waals surface area contributed by atoms with E-state index >= 15 is 0 Å². The van der Waals surface area contributed by atoms with Crippen LogP contribution in [0.15, 0.2) is 48.8 Å². The lowest BCUT2D eigenvalue weighted by atomic mass is 9.89. The molecule has 90 valence electrons. The Morgan fingerprint density at radius 1 is 1.22 bits per heavy atom. The Kier molecular flexibility index (Phi) is 2.38. The Bertz CT molecular complexity index is 598. The van der Waals surface area contributed by atoms with Gasteiger partial charge in [-0.15, -0.1) is 0 Å². The van der Waals surface area contributed by atoms with Crippen molar-refractivity contribution in [3.8, 4) is 0 Å². The van der Waals surface area contributed by atoms with Crippen LogP contribution in [0.4, 0.5) is 5.69 Å². The second-order valence-corrected chi connectivity index (χ2v) is 4.40. The molecular formula is C14H12N2O2. The highest BCUT2D eigenvalue weighted by molar-refractivity contribution is 6.04. The highest BCUT2D eigenvalue weighted by Gasteiger charge is 2.45. The number of pyridine rings is 1. The zero-order chi connectivity index (χ0) is 12.6. The van der Waals surface area contributed by atoms with Gasteiger partial charge in [0.25, 0.3) is 5.91 Å². The number of fused-ring (bicyclic) bond motifs is 1. The lowest BCUT2D eigenvalue weighted by molar-refractivity contribution is -0.133. The Balaban J connectivity index is 2.02. The van der Waals surface area contributed by atoms with E-state index in [1.807, 2.05) is 30.3 Å². The number of amides is 1. The molecule has 0 bridgehead atoms. The summed E-state index contributed by atoms with van der Waals surface area (Å²) in [7, 11) is 0. The van der Waals surface area contributed by atoms with Crippen molar-refractivity contribution in [1.29, 1.82) is 0 Å². The second kappa shape index (κ2) is 3.92. The monoisotopic (exact) mass is 240 g/mol. The van der Waals surface area contributed by atoms with Crippen LogP contribution in [0, 0.1) is 0 Å². The van der Waals surface area contributed by atoms with Crippen LogP contribution in [-0.4, -0.2) is 16.0 Å². The normalized spacial score (nSPS) is 21.5. The Morgan fingerprint density at radius 3 is 2.78 bits per heavy atom. The minimum absolute atomic E-state index is 0.261. The summed E-state index contributed by atoms with van der Waals surface area (Å²) in [6.07, 6.45) is 3.39. The molecule has 3 rings (SSSR count). The van der Waals surface area contributed by atoms with E-state index in [4.69, 9.17) is 0 Å². The maximum atomic E-state index is 12.0. The van der Waals surface area contributed by atoms with Crippen LogP contribution in [0.3, 0.4) is 0 Å². The van der Waals surface area contributed by atoms with Gasteiger partial charge in [0.1, 0.15) is 0 Å². The van der Waals surface area contributed by atoms with Gasteiger partial charge in [-0.3, -0.25) is 9.78 Å². The highest BCUT2D eigenvalue weighted by Crippen LogP contribution is 2.37. The molecule has 4 nitrogen and oxygen atoms in total. The third-order valence-corrected chi connectivity index (χ3v) is 3.19. The SMILES string of the molecule is O=C1Nc2cnccc2C1(O)Cc1ccccc1. The molecule has 1 atom stereocenters. The van der Waals surface area contributed by atoms with Crippen LogP contribution in [0.2, 0.25) is 0 Å². The lowest BCUT2D eigenvalue weighted by Crippen LogP contribution is -2.36. The smallest absolute Gasteiger partial charge is 0.261 e. The molecule has 1 aliphatic heterocycles. The summed E-state index contributed by atoms with van der Waals surface area (Å²) in [5.74, 6) is -0.394. The molecule has 0 saturated heterocycles. The quantitative estimate of drug-likeness (QED) is 0.835. The van der Waals surface area contributed by atoms with Gasteiger partial charge in [0.05, 0.1) is 11.9 Å². The Labute approximate surface area is 104 Å². The number of benzene rings is 1. The van der Waals surface area contributed by atoms with Crippen molar-refractivity contribution in [3.05, 3.63) is 59.9 Å². The second-order valence-electron chi connectivity index (χ2n) is 4.40. The van der Waals surface area contributed by atoms with Gasteiger partial charge >= 0.3 is 0 Å². The zero-order valence-corrected chi connectivity index (χ0v) is 9.63. The highest BCUT2D eigenvalue weighted by atomic mass is 16.3. The third-order valence-electron chi connectivity index (χ3n) is 3.19. The minimum atomic E-state index is -1.50. The summed E-state index contributed by atoms with van der Waals surface area (Å²) in [6, 6.07) is 11.1. The number of hydrogen-bond acceptors (Lipinski definition) is 3. The maximum absolute atomic E-state index is 12.0. The molecule has 2 N–H and O–H groups in total. The number of rotatable bonds is 2. The van der Waals surface area contributed by atoms with Crippen LogP contribution < -0.4 is 5.32 Å². The van der Waals surface area contributed by atoms with Gasteiger partial charge in [0.2, 0.25) is 0 Å². The minimum Gasteiger partial charge on any atom is -0.375 e. The molecule has 1 unspecified atom stereocenters. The van der Waals surface area contributed by atoms with Crippen molar-refractivity contribution in [3.63, 3.8) is 0 Å². The summed E-state index contributed by atoms with van der Waals surface area (Å²) in [4.78, 5) is 15.9. The zero-order valence-electron chi connectivity index (χ0n) is 9.63. The van der Waals surface area contributed by atoms with E-state index in [1.165, 1.54) is 0 Å². The van der Waals surface area contributed by atoms with Crippen molar-refractivity contribution < 1.29 is 9.90 Å². The molecule has 1 aromatic carbocycles. The molecule has 18 heavy (non-hydrogen) atoms. The van der Waals surface area contributed by atoms with E-state index in [9.17, 15) is 9.90 Å². The average Bonchev–Trinajstić information content (AvgIpc) is 2.63. The average molecular weight is 240 g/mol. The Morgan fingerprint density at radius 2 is 2.00 bits per heavy atom. The largest absolute Gasteiger partial charge is 0.375 e. The predicted octanol–water partition coefficient (Wildman–Crippen LogP) is 1.46. The summed E-state index contributed by atoms with van der Waals surface area (Å²) in [6.45, 7) is 0. The van der Waals surface area contributed by atoms with Gasteiger partial charge in [0, 0.05) is 18.2 Å². The molecule has 2 heterocycles. The van der Waals surface area contributed by atoms with Crippen molar-refractivity contribution >= 4 is 11.6 Å². The van der Waals surface area contributed by atoms with Crippen LogP contribution in [0.25, 0.3) is 0 Å². The van der Waals surface area contributed by atoms with Gasteiger partial charge in [0.15, 0.2) is 5.60 Å². The summed E-state index contributed by atoms with van der Waals surface area (Å²) < 4.78 is 0. The fourth-order valence-electron chi connectivity index (χ4n) is 2.27. The fourth-order valence-corrected chi connectivity index (χ4v) is 2.27. The summed E-state index contributed by atoms with van der Waals surface area (Å²) in [5.41, 5.74) is 0.590. The molecule has 1 amide bonds. The predicted molar refractivity (Wildman–Crippen MR) is 66.9 cm³/mol. The van der Waals surface area contributed by atoms with E-state index in [1.54, 1.807) is 18.5 Å². The summed E-state index contributed by atoms with van der Waals surface area (Å²) in [5, 5.41) is 13.3. The number of aromatic nitrogens is 1. The fraction of sp³-hybridized carbons (Fsp3) is 0.143. The van der Waals surface area contributed by atoms with Crippen LogP contribution in [0.5, 0.6) is 0 Å². The maximum Gasteiger partial charge on any atom is 0.261 e. The Hall–Kier alpha value is -2.20. The van der Waals surface area contributed by atoms with E-state index in [-0.39, 0.29) is 6.42 Å². The number of carbonyl (C=O) groups is 1. The number of nitrogens with one attached hydrogen (secondary N) is 1. The standard InChI is InChI=1S/C14H12N2O2/c17-13-14(18,8-10-4-2-1-3-5-10)11-6-7-15-9-12(11)16-13/h1-7,9,18H,8H2,(H,16,17). The molecule has 0 spiro atoms. The lowest BCUT2D eigenvalue weighted by Gasteiger charge is -2.20. The van der Waals surface area contributed by atoms with Gasteiger partial charge in [-0.25, -0.2) is 0 Å². The van der Waals surface area contributed by atoms with Crippen molar-refractivity contribution in [1.82, 2.24) is 4.98 Å². The first kappa shape index (κ1) is 10.9. The molecule has 0 fully saturated rings. The number of anilines is 1. The summed E-state index contributed by atoms with van der Waals surface area (Å²) >= 11 is 0. The number of nitrogens with zero attached hydrogens (tertiary/aromatic N) is 1. The number of aliphatic hydroxyl groups is 1. The first-order valence-corrected chi connectivity index (χ1v) is 5.72. The molecule has 1 aromatic heterocycles. The van der Waals surface area contributed by atoms with E-state index in [0.29, 0.717) is 11.3 Å². The number of carbonyl (C=O) groups excluding carboxylic acids is 1. The molecule has 0 radical (unpaired) electrons. The van der Waals surface area contributed by atoms with Crippen molar-refractivity contribution in [2.24, 2.45) is 0 Å². The van der Waals surface area contributed by atoms with Crippen LogP contribution in [0.1, 0.15) is 11.1 Å². The third kappa shape index (κ3) is 1.58. The molecule has 0 aliphatic carbocycles. The van der Waals surface area contributed by atoms with Gasteiger partial charge in [-0.05, 0) is 11.6 Å². The molecule has 4 heteroatoms. The van der Waals surface area contributed by atoms with Crippen LogP contribution >= 0.6 is 0 Å². The van der Waals surface area contributed by atoms with E-state index in [2.05, 4.69) is 10.3 Å². The van der Waals surface area contributed by atoms with Crippen molar-refractivity contribution in [2.45, 2.75) is 12.0 Å². The van der Waals surface area contributed by atoms with Crippen molar-refractivity contribution in [2.75, 3.05) is 5.32 Å². The van der Waals surface area contributed by atoms with Crippen LogP contribution in [-0.2, 0) is 16.8 Å². The molecule has 0 saturated carbocycles. The topological polar surface area (TPSA) is 62.2 Å². The first-order valence-electron chi connectivity index (χ1n) is 5.72. The molecule has 1 aliphatic rings. The van der Waals surface area contributed by atoms with Gasteiger partial charge < -0.3 is 10.4 Å². The molecular weight excluding hydrogens is 228 g/mol. The number of hydrogen-bond donors (Lipinski definition) is 2. The first-order chi connectivity index (χ1) is 8.70. The van der Waals surface area contributed by atoms with Gasteiger partial charge in [-0.2, -0.15) is 0 Å². The van der Waals surface area contributed by atoms with E-state index in [0.717, 1.165) is 5.56 Å². The van der Waals surface area contributed by atoms with Gasteiger partial charge in [-0.1, -0.05) is 30.3 Å².